The molecule has 136 valence electrons. The maximum absolute atomic E-state index is 13.3. The first-order chi connectivity index (χ1) is 12.5. The van der Waals surface area contributed by atoms with E-state index in [4.69, 9.17) is 11.6 Å². The van der Waals surface area contributed by atoms with E-state index in [0.717, 1.165) is 51.5 Å². The molecule has 1 aliphatic heterocycles. The van der Waals surface area contributed by atoms with Crippen molar-refractivity contribution in [1.29, 1.82) is 0 Å². The van der Waals surface area contributed by atoms with E-state index in [2.05, 4.69) is 37.8 Å². The molecule has 0 aliphatic carbocycles. The lowest BCUT2D eigenvalue weighted by atomic mass is 10.0. The number of hydrogen-bond acceptors (Lipinski definition) is 3. The molecule has 3 aromatic rings. The number of benzene rings is 2. The first-order valence-corrected chi connectivity index (χ1v) is 10.2. The molecule has 2 aromatic carbocycles. The number of nitrogens with zero attached hydrogens (tertiary/aromatic N) is 3. The number of aryl methyl sites for hydroxylation is 1. The van der Waals surface area contributed by atoms with Crippen molar-refractivity contribution in [3.63, 3.8) is 0 Å². The van der Waals surface area contributed by atoms with Crippen LogP contribution in [-0.2, 0) is 6.54 Å². The van der Waals surface area contributed by atoms with Crippen molar-refractivity contribution in [1.82, 2.24) is 9.58 Å². The van der Waals surface area contributed by atoms with E-state index < -0.39 is 0 Å². The smallest absolute Gasteiger partial charge is 0.261 e. The van der Waals surface area contributed by atoms with E-state index in [0.29, 0.717) is 11.6 Å². The molecule has 1 aromatic heterocycles. The first-order valence-electron chi connectivity index (χ1n) is 9.00. The third kappa shape index (κ3) is 2.70. The molecule has 26 heavy (non-hydrogen) atoms. The summed E-state index contributed by atoms with van der Waals surface area (Å²) in [5.74, 6) is 0. The molecule has 0 fully saturated rings. The van der Waals surface area contributed by atoms with Gasteiger partial charge in [0.25, 0.3) is 5.69 Å². The molecule has 6 heteroatoms. The Morgan fingerprint density at radius 3 is 2.69 bits per heavy atom. The Hall–Kier alpha value is -1.69. The van der Waals surface area contributed by atoms with E-state index in [-0.39, 0.29) is 0 Å². The summed E-state index contributed by atoms with van der Waals surface area (Å²) < 4.78 is 1.86. The third-order valence-corrected chi connectivity index (χ3v) is 6.73. The second-order valence-electron chi connectivity index (χ2n) is 6.62. The molecule has 0 amide bonds. The zero-order valence-electron chi connectivity index (χ0n) is 15.3. The van der Waals surface area contributed by atoms with Crippen LogP contribution >= 0.6 is 23.4 Å². The molecule has 4 nitrogen and oxygen atoms in total. The summed E-state index contributed by atoms with van der Waals surface area (Å²) >= 11 is 7.97. The number of halogens is 1. The second kappa shape index (κ2) is 6.80. The predicted molar refractivity (Wildman–Crippen MR) is 108 cm³/mol. The number of hydrogen-bond donors (Lipinski definition) is 0. The van der Waals surface area contributed by atoms with E-state index in [1.165, 1.54) is 10.5 Å². The lowest BCUT2D eigenvalue weighted by molar-refractivity contribution is -0.681. The van der Waals surface area contributed by atoms with Gasteiger partial charge in [-0.25, -0.2) is 0 Å². The number of rotatable bonds is 5. The fourth-order valence-corrected chi connectivity index (χ4v) is 5.00. The quantitative estimate of drug-likeness (QED) is 0.367. The lowest BCUT2D eigenvalue weighted by Gasteiger charge is -2.17. The number of likely N-dealkylation sites (N-methyl/N-ethyl adjacent to an activating group) is 1. The van der Waals surface area contributed by atoms with Crippen molar-refractivity contribution in [2.75, 3.05) is 19.6 Å². The van der Waals surface area contributed by atoms with E-state index in [1.54, 1.807) is 11.8 Å². The van der Waals surface area contributed by atoms with Crippen LogP contribution in [0.1, 0.15) is 19.4 Å². The summed E-state index contributed by atoms with van der Waals surface area (Å²) in [6, 6.07) is 10.00. The van der Waals surface area contributed by atoms with Gasteiger partial charge < -0.3 is 10.1 Å². The zero-order chi connectivity index (χ0) is 18.4. The Bertz CT molecular complexity index is 995. The average Bonchev–Trinajstić information content (AvgIpc) is 2.92. The van der Waals surface area contributed by atoms with Crippen molar-refractivity contribution in [3.8, 4) is 11.3 Å². The van der Waals surface area contributed by atoms with E-state index >= 15 is 0 Å². The van der Waals surface area contributed by atoms with Gasteiger partial charge in [0.1, 0.15) is 5.52 Å². The van der Waals surface area contributed by atoms with E-state index in [9.17, 15) is 5.21 Å². The van der Waals surface area contributed by atoms with Gasteiger partial charge in [-0.2, -0.15) is 0 Å². The zero-order valence-corrected chi connectivity index (χ0v) is 16.8. The molecule has 0 spiro atoms. The summed E-state index contributed by atoms with van der Waals surface area (Å²) in [5, 5.41) is 15.0. The van der Waals surface area contributed by atoms with Gasteiger partial charge in [0.2, 0.25) is 0 Å². The molecule has 2 heterocycles. The molecule has 1 aliphatic rings. The maximum Gasteiger partial charge on any atom is 0.261 e. The minimum absolute atomic E-state index is 0.657. The van der Waals surface area contributed by atoms with Crippen LogP contribution in [0.2, 0.25) is 5.02 Å². The van der Waals surface area contributed by atoms with Gasteiger partial charge in [0.15, 0.2) is 0 Å². The standard InChI is InChI=1S/C20H22ClN3OS/c1-4-22(5-2)10-11-23-16-8-6-13(3)20-18(16)19(24(23)25)15-12-14(21)7-9-17(15)26-20/h6-9,12H,4-5,10-11H2,1-3H3. The van der Waals surface area contributed by atoms with Crippen LogP contribution in [0.5, 0.6) is 0 Å². The molecular formula is C20H22ClN3OS. The van der Waals surface area contributed by atoms with Gasteiger partial charge in [0, 0.05) is 21.4 Å². The molecule has 4 rings (SSSR count). The lowest BCUT2D eigenvalue weighted by Crippen LogP contribution is -2.41. The van der Waals surface area contributed by atoms with Crippen molar-refractivity contribution in [2.24, 2.45) is 0 Å². The molecule has 0 radical (unpaired) electrons. The first kappa shape index (κ1) is 17.7. The molecule has 0 unspecified atom stereocenters. The Labute approximate surface area is 162 Å². The van der Waals surface area contributed by atoms with Crippen molar-refractivity contribution in [2.45, 2.75) is 37.1 Å². The highest BCUT2D eigenvalue weighted by Gasteiger charge is 2.32. The van der Waals surface area contributed by atoms with Gasteiger partial charge in [-0.05, 0) is 49.8 Å². The normalized spacial score (nSPS) is 12.8. The second-order valence-corrected chi connectivity index (χ2v) is 8.11. The topological polar surface area (TPSA) is 35.1 Å². The minimum Gasteiger partial charge on any atom is -0.595 e. The van der Waals surface area contributed by atoms with Crippen LogP contribution in [0.15, 0.2) is 40.1 Å². The van der Waals surface area contributed by atoms with Crippen LogP contribution in [0.4, 0.5) is 0 Å². The van der Waals surface area contributed by atoms with Crippen LogP contribution in [-0.4, -0.2) is 29.2 Å². The summed E-state index contributed by atoms with van der Waals surface area (Å²) in [6.07, 6.45) is 0. The molecule has 0 bridgehead atoms. The van der Waals surface area contributed by atoms with Gasteiger partial charge in [-0.3, -0.25) is 0 Å². The highest BCUT2D eigenvalue weighted by atomic mass is 35.5. The summed E-state index contributed by atoms with van der Waals surface area (Å²) in [6.45, 7) is 9.91. The van der Waals surface area contributed by atoms with Crippen molar-refractivity contribution >= 4 is 34.3 Å². The molecule has 0 N–H and O–H groups in total. The van der Waals surface area contributed by atoms with Gasteiger partial charge in [-0.1, -0.05) is 48.1 Å². The molecule has 0 saturated heterocycles. The fourth-order valence-electron chi connectivity index (χ4n) is 3.68. The summed E-state index contributed by atoms with van der Waals surface area (Å²) in [4.78, 5) is 5.67. The number of fused-ring (bicyclic) bond motifs is 2. The van der Waals surface area contributed by atoms with Crippen molar-refractivity contribution < 1.29 is 4.85 Å². The van der Waals surface area contributed by atoms with Crippen LogP contribution in [0.25, 0.3) is 22.2 Å². The Morgan fingerprint density at radius 1 is 1.19 bits per heavy atom. The average molecular weight is 388 g/mol. The number of aromatic nitrogens is 2. The maximum atomic E-state index is 13.3. The third-order valence-electron chi connectivity index (χ3n) is 5.19. The van der Waals surface area contributed by atoms with Crippen LogP contribution < -0.4 is 4.85 Å². The molecular weight excluding hydrogens is 366 g/mol. The van der Waals surface area contributed by atoms with Gasteiger partial charge >= 0.3 is 0 Å². The van der Waals surface area contributed by atoms with Gasteiger partial charge in [-0.15, -0.1) is 4.68 Å². The summed E-state index contributed by atoms with van der Waals surface area (Å²) in [5.41, 5.74) is 3.86. The Balaban J connectivity index is 1.93. The fraction of sp³-hybridized carbons (Fsp3) is 0.350. The van der Waals surface area contributed by atoms with Crippen molar-refractivity contribution in [3.05, 3.63) is 46.1 Å². The Morgan fingerprint density at radius 2 is 1.96 bits per heavy atom. The van der Waals surface area contributed by atoms with Crippen LogP contribution in [0.3, 0.4) is 0 Å². The monoisotopic (exact) mass is 387 g/mol. The SMILES string of the molecule is CCN(CC)CCn1c2ccc(C)c3c2c([n+]1[O-])-c1cc(Cl)ccc1S3. The molecule has 0 saturated carbocycles. The Kier molecular flexibility index (Phi) is 4.63. The van der Waals surface area contributed by atoms with Gasteiger partial charge in [0.05, 0.1) is 17.5 Å². The van der Waals surface area contributed by atoms with E-state index in [1.807, 2.05) is 22.9 Å². The minimum atomic E-state index is 0.657. The highest BCUT2D eigenvalue weighted by Crippen LogP contribution is 2.48. The predicted octanol–water partition coefficient (Wildman–Crippen LogP) is 4.71. The summed E-state index contributed by atoms with van der Waals surface area (Å²) in [7, 11) is 0. The van der Waals surface area contributed by atoms with Crippen LogP contribution in [0, 0.1) is 12.1 Å². The highest BCUT2D eigenvalue weighted by molar-refractivity contribution is 7.99. The largest absolute Gasteiger partial charge is 0.595 e. The molecule has 0 atom stereocenters.